The molecule has 4 aromatic rings. The van der Waals surface area contributed by atoms with Gasteiger partial charge in [0.25, 0.3) is 5.91 Å². The summed E-state index contributed by atoms with van der Waals surface area (Å²) in [5.74, 6) is -1.68. The molecule has 0 spiro atoms. The van der Waals surface area contributed by atoms with Crippen molar-refractivity contribution in [1.82, 2.24) is 19.5 Å². The molecule has 0 radical (unpaired) electrons. The number of halogens is 2. The van der Waals surface area contributed by atoms with E-state index in [1.165, 1.54) is 53.1 Å². The molecule has 2 aromatic carbocycles. The maximum absolute atomic E-state index is 13.2. The Hall–Kier alpha value is -3.88. The molecule has 0 atom stereocenters. The Morgan fingerprint density at radius 3 is 2.15 bits per heavy atom. The van der Waals surface area contributed by atoms with Gasteiger partial charge < -0.3 is 10.7 Å². The molecule has 0 fully saturated rings. The van der Waals surface area contributed by atoms with E-state index in [0.717, 1.165) is 0 Å². The van der Waals surface area contributed by atoms with Gasteiger partial charge in [0.05, 0.1) is 5.69 Å². The van der Waals surface area contributed by atoms with E-state index in [1.807, 2.05) is 0 Å². The molecule has 0 unspecified atom stereocenters. The Morgan fingerprint density at radius 2 is 1.56 bits per heavy atom. The van der Waals surface area contributed by atoms with Crippen LogP contribution in [0.25, 0.3) is 28.2 Å². The van der Waals surface area contributed by atoms with Crippen molar-refractivity contribution in [2.45, 2.75) is 0 Å². The average molecular weight is 367 g/mol. The van der Waals surface area contributed by atoms with Crippen LogP contribution in [0.5, 0.6) is 0 Å². The Kier molecular flexibility index (Phi) is 3.76. The Bertz CT molecular complexity index is 1230. The molecule has 0 aliphatic rings. The van der Waals surface area contributed by atoms with Crippen molar-refractivity contribution in [3.63, 3.8) is 0 Å². The summed E-state index contributed by atoms with van der Waals surface area (Å²) in [5.41, 5.74) is 5.54. The number of aromatic amines is 1. The van der Waals surface area contributed by atoms with Crippen LogP contribution in [-0.4, -0.2) is 25.4 Å². The minimum atomic E-state index is -0.863. The van der Waals surface area contributed by atoms with Crippen LogP contribution < -0.4 is 11.4 Å². The number of hydrogen-bond donors (Lipinski definition) is 2. The Balaban J connectivity index is 2.04. The molecule has 2 heterocycles. The molecule has 9 heteroatoms. The monoisotopic (exact) mass is 367 g/mol. The summed E-state index contributed by atoms with van der Waals surface area (Å²) < 4.78 is 27.6. The summed E-state index contributed by atoms with van der Waals surface area (Å²) in [4.78, 5) is 35.2. The Morgan fingerprint density at radius 1 is 0.963 bits per heavy atom. The van der Waals surface area contributed by atoms with Crippen LogP contribution in [0, 0.1) is 11.6 Å². The van der Waals surface area contributed by atoms with Crippen LogP contribution in [-0.2, 0) is 0 Å². The second-order valence-electron chi connectivity index (χ2n) is 5.71. The summed E-state index contributed by atoms with van der Waals surface area (Å²) in [6, 6.07) is 10.5. The molecule has 134 valence electrons. The predicted octanol–water partition coefficient (Wildman–Crippen LogP) is 2.15. The highest BCUT2D eigenvalue weighted by Gasteiger charge is 2.20. The lowest BCUT2D eigenvalue weighted by Crippen LogP contribution is -2.15. The van der Waals surface area contributed by atoms with Gasteiger partial charge >= 0.3 is 5.69 Å². The zero-order chi connectivity index (χ0) is 19.1. The lowest BCUT2D eigenvalue weighted by Gasteiger charge is -2.06. The van der Waals surface area contributed by atoms with Crippen molar-refractivity contribution in [3.8, 4) is 17.1 Å². The van der Waals surface area contributed by atoms with Gasteiger partial charge in [-0.3, -0.25) is 4.79 Å². The first-order chi connectivity index (χ1) is 12.9. The minimum Gasteiger partial charge on any atom is -0.364 e. The first kappa shape index (κ1) is 16.6. The fraction of sp³-hybridized carbons (Fsp3) is 0. The standard InChI is InChI=1S/C18H11F2N5O2/c19-10-3-1-9(2-4-10)16-22-13(15(21)26)14-17(24-16)25(18(27)23-14)12-7-5-11(20)6-8-12/h1-8H,(H2,21,26)(H,23,27). The highest BCUT2D eigenvalue weighted by atomic mass is 19.1. The van der Waals surface area contributed by atoms with Crippen molar-refractivity contribution in [2.24, 2.45) is 5.73 Å². The summed E-state index contributed by atoms with van der Waals surface area (Å²) in [6.07, 6.45) is 0. The quantitative estimate of drug-likeness (QED) is 0.579. The maximum atomic E-state index is 13.2. The molecule has 0 saturated carbocycles. The van der Waals surface area contributed by atoms with E-state index in [-0.39, 0.29) is 22.7 Å². The van der Waals surface area contributed by atoms with Crippen LogP contribution in [0.15, 0.2) is 53.3 Å². The van der Waals surface area contributed by atoms with E-state index < -0.39 is 23.2 Å². The van der Waals surface area contributed by atoms with Crippen LogP contribution in [0.2, 0.25) is 0 Å². The van der Waals surface area contributed by atoms with E-state index in [2.05, 4.69) is 15.0 Å². The summed E-state index contributed by atoms with van der Waals surface area (Å²) in [7, 11) is 0. The number of carbonyl (C=O) groups excluding carboxylic acids is 1. The summed E-state index contributed by atoms with van der Waals surface area (Å²) in [5, 5.41) is 0. The first-order valence-electron chi connectivity index (χ1n) is 7.78. The van der Waals surface area contributed by atoms with Gasteiger partial charge in [0, 0.05) is 5.56 Å². The predicted molar refractivity (Wildman–Crippen MR) is 93.4 cm³/mol. The second kappa shape index (κ2) is 6.13. The van der Waals surface area contributed by atoms with E-state index in [1.54, 1.807) is 0 Å². The summed E-state index contributed by atoms with van der Waals surface area (Å²) >= 11 is 0. The number of nitrogens with zero attached hydrogens (tertiary/aromatic N) is 3. The highest BCUT2D eigenvalue weighted by molar-refractivity contribution is 6.02. The van der Waals surface area contributed by atoms with Crippen molar-refractivity contribution < 1.29 is 13.6 Å². The minimum absolute atomic E-state index is 0.0580. The molecule has 0 aliphatic carbocycles. The average Bonchev–Trinajstić information content (AvgIpc) is 2.98. The largest absolute Gasteiger partial charge is 0.364 e. The number of H-pyrrole nitrogens is 1. The van der Waals surface area contributed by atoms with Gasteiger partial charge in [0.1, 0.15) is 17.2 Å². The molecule has 27 heavy (non-hydrogen) atoms. The third-order valence-electron chi connectivity index (χ3n) is 3.96. The van der Waals surface area contributed by atoms with Crippen LogP contribution in [0.1, 0.15) is 10.5 Å². The van der Waals surface area contributed by atoms with Crippen LogP contribution in [0.3, 0.4) is 0 Å². The number of primary amides is 1. The SMILES string of the molecule is NC(=O)c1nc(-c2ccc(F)cc2)nc2c1[nH]c(=O)n2-c1ccc(F)cc1. The molecule has 0 saturated heterocycles. The van der Waals surface area contributed by atoms with Crippen molar-refractivity contribution >= 4 is 17.1 Å². The molecular formula is C18H11F2N5O2. The zero-order valence-electron chi connectivity index (χ0n) is 13.6. The first-order valence-corrected chi connectivity index (χ1v) is 7.78. The van der Waals surface area contributed by atoms with Gasteiger partial charge in [-0.15, -0.1) is 0 Å². The fourth-order valence-electron chi connectivity index (χ4n) is 2.72. The molecule has 0 bridgehead atoms. The molecule has 4 rings (SSSR count). The molecule has 1 amide bonds. The molecule has 3 N–H and O–H groups in total. The number of carbonyl (C=O) groups is 1. The van der Waals surface area contributed by atoms with E-state index in [0.29, 0.717) is 11.3 Å². The number of rotatable bonds is 3. The van der Waals surface area contributed by atoms with Gasteiger partial charge in [-0.1, -0.05) is 0 Å². The van der Waals surface area contributed by atoms with Gasteiger partial charge in [-0.25, -0.2) is 28.1 Å². The highest BCUT2D eigenvalue weighted by Crippen LogP contribution is 2.22. The zero-order valence-corrected chi connectivity index (χ0v) is 13.6. The third kappa shape index (κ3) is 2.84. The number of imidazole rings is 1. The normalized spacial score (nSPS) is 11.0. The molecule has 7 nitrogen and oxygen atoms in total. The van der Waals surface area contributed by atoms with E-state index in [4.69, 9.17) is 5.73 Å². The number of hydrogen-bond acceptors (Lipinski definition) is 4. The van der Waals surface area contributed by atoms with Crippen molar-refractivity contribution in [3.05, 3.63) is 76.3 Å². The van der Waals surface area contributed by atoms with Crippen LogP contribution >= 0.6 is 0 Å². The smallest absolute Gasteiger partial charge is 0.332 e. The molecular weight excluding hydrogens is 356 g/mol. The van der Waals surface area contributed by atoms with E-state index in [9.17, 15) is 18.4 Å². The van der Waals surface area contributed by atoms with Gasteiger partial charge in [0.15, 0.2) is 17.2 Å². The van der Waals surface area contributed by atoms with Gasteiger partial charge in [0.2, 0.25) is 0 Å². The number of nitrogens with one attached hydrogen (secondary N) is 1. The van der Waals surface area contributed by atoms with Crippen molar-refractivity contribution in [2.75, 3.05) is 0 Å². The Labute approximate surface area is 150 Å². The maximum Gasteiger partial charge on any atom is 0.332 e. The fourth-order valence-corrected chi connectivity index (χ4v) is 2.72. The van der Waals surface area contributed by atoms with E-state index >= 15 is 0 Å². The lowest BCUT2D eigenvalue weighted by molar-refractivity contribution is 0.0997. The summed E-state index contributed by atoms with van der Waals surface area (Å²) in [6.45, 7) is 0. The van der Waals surface area contributed by atoms with Gasteiger partial charge in [-0.2, -0.15) is 0 Å². The topological polar surface area (TPSA) is 107 Å². The van der Waals surface area contributed by atoms with Crippen molar-refractivity contribution in [1.29, 1.82) is 0 Å². The number of aromatic nitrogens is 4. The number of benzene rings is 2. The van der Waals surface area contributed by atoms with Crippen LogP contribution in [0.4, 0.5) is 8.78 Å². The lowest BCUT2D eigenvalue weighted by atomic mass is 10.2. The van der Waals surface area contributed by atoms with Gasteiger partial charge in [-0.05, 0) is 48.5 Å². The molecule has 2 aromatic heterocycles. The number of amides is 1. The molecule has 0 aliphatic heterocycles. The number of fused-ring (bicyclic) bond motifs is 1. The second-order valence-corrected chi connectivity index (χ2v) is 5.71. The number of nitrogens with two attached hydrogens (primary N) is 1. The third-order valence-corrected chi connectivity index (χ3v) is 3.96.